The Morgan fingerprint density at radius 3 is 3.06 bits per heavy atom. The molecule has 1 aliphatic rings. The van der Waals surface area contributed by atoms with Crippen molar-refractivity contribution < 1.29 is 0 Å². The molecular formula is C12H20N4S. The zero-order valence-electron chi connectivity index (χ0n) is 10.7. The van der Waals surface area contributed by atoms with Crippen LogP contribution in [0.2, 0.25) is 0 Å². The molecule has 1 aromatic heterocycles. The Balaban J connectivity index is 2.22. The van der Waals surface area contributed by atoms with Crippen molar-refractivity contribution in [2.24, 2.45) is 0 Å². The van der Waals surface area contributed by atoms with Crippen LogP contribution in [0.1, 0.15) is 19.4 Å². The molecule has 2 heterocycles. The first kappa shape index (κ1) is 12.5. The molecule has 4 nitrogen and oxygen atoms in total. The number of hydrogen-bond acceptors (Lipinski definition) is 5. The van der Waals surface area contributed by atoms with Crippen molar-refractivity contribution in [3.8, 4) is 0 Å². The third-order valence-electron chi connectivity index (χ3n) is 2.94. The summed E-state index contributed by atoms with van der Waals surface area (Å²) in [6.45, 7) is 9.51. The number of hydrogen-bond donors (Lipinski definition) is 1. The quantitative estimate of drug-likeness (QED) is 0.893. The van der Waals surface area contributed by atoms with Crippen molar-refractivity contribution in [2.45, 2.75) is 26.0 Å². The lowest BCUT2D eigenvalue weighted by molar-refractivity contribution is 0.764. The minimum absolute atomic E-state index is 0.681. The molecule has 1 aliphatic heterocycles. The maximum Gasteiger partial charge on any atom is 0.137 e. The molecule has 0 amide bonds. The van der Waals surface area contributed by atoms with E-state index in [0.717, 1.165) is 36.8 Å². The van der Waals surface area contributed by atoms with Crippen molar-refractivity contribution in [1.82, 2.24) is 9.97 Å². The number of thioether (sulfide) groups is 1. The van der Waals surface area contributed by atoms with Gasteiger partial charge in [0, 0.05) is 36.2 Å². The van der Waals surface area contributed by atoms with Gasteiger partial charge in [-0.25, -0.2) is 9.97 Å². The molecule has 0 bridgehead atoms. The molecule has 1 unspecified atom stereocenters. The van der Waals surface area contributed by atoms with Gasteiger partial charge < -0.3 is 10.2 Å². The van der Waals surface area contributed by atoms with E-state index in [-0.39, 0.29) is 0 Å². The monoisotopic (exact) mass is 252 g/mol. The number of aromatic nitrogens is 2. The van der Waals surface area contributed by atoms with Crippen LogP contribution in [0.4, 0.5) is 11.6 Å². The van der Waals surface area contributed by atoms with Gasteiger partial charge in [0.1, 0.15) is 18.0 Å². The minimum Gasteiger partial charge on any atom is -0.370 e. The van der Waals surface area contributed by atoms with E-state index >= 15 is 0 Å². The van der Waals surface area contributed by atoms with E-state index in [1.165, 1.54) is 5.75 Å². The largest absolute Gasteiger partial charge is 0.370 e. The van der Waals surface area contributed by atoms with E-state index in [1.54, 1.807) is 6.33 Å². The molecule has 1 N–H and O–H groups in total. The van der Waals surface area contributed by atoms with Gasteiger partial charge in [-0.2, -0.15) is 11.8 Å². The van der Waals surface area contributed by atoms with Gasteiger partial charge in [-0.1, -0.05) is 6.92 Å². The Morgan fingerprint density at radius 1 is 1.53 bits per heavy atom. The van der Waals surface area contributed by atoms with E-state index in [1.807, 2.05) is 11.8 Å². The molecule has 17 heavy (non-hydrogen) atoms. The second-order valence-electron chi connectivity index (χ2n) is 4.33. The highest BCUT2D eigenvalue weighted by molar-refractivity contribution is 8.00. The molecule has 1 atom stereocenters. The highest BCUT2D eigenvalue weighted by atomic mass is 32.2. The summed E-state index contributed by atoms with van der Waals surface area (Å²) in [4.78, 5) is 11.1. The summed E-state index contributed by atoms with van der Waals surface area (Å²) in [6, 6.07) is 0. The van der Waals surface area contributed by atoms with Gasteiger partial charge in [0.25, 0.3) is 0 Å². The lowest BCUT2D eigenvalue weighted by Crippen LogP contribution is -2.37. The van der Waals surface area contributed by atoms with Gasteiger partial charge in [0.15, 0.2) is 0 Å². The van der Waals surface area contributed by atoms with Crippen molar-refractivity contribution in [3.63, 3.8) is 0 Å². The van der Waals surface area contributed by atoms with E-state index in [0.29, 0.717) is 5.25 Å². The summed E-state index contributed by atoms with van der Waals surface area (Å²) in [5.41, 5.74) is 1.16. The van der Waals surface area contributed by atoms with Crippen LogP contribution in [0.25, 0.3) is 0 Å². The summed E-state index contributed by atoms with van der Waals surface area (Å²) in [6.07, 6.45) is 1.66. The Hall–Kier alpha value is -0.970. The van der Waals surface area contributed by atoms with Gasteiger partial charge in [0.05, 0.1) is 0 Å². The number of nitrogens with one attached hydrogen (secondary N) is 1. The SMILES string of the molecule is CCNc1ncnc(N2CCSC(C)C2)c1C. The van der Waals surface area contributed by atoms with Gasteiger partial charge >= 0.3 is 0 Å². The molecule has 0 radical (unpaired) electrons. The van der Waals surface area contributed by atoms with Gasteiger partial charge in [0.2, 0.25) is 0 Å². The molecule has 0 aromatic carbocycles. The van der Waals surface area contributed by atoms with Crippen LogP contribution in [0.15, 0.2) is 6.33 Å². The Bertz CT molecular complexity index is 383. The molecule has 0 saturated carbocycles. The van der Waals surface area contributed by atoms with Gasteiger partial charge in [-0.05, 0) is 13.8 Å². The van der Waals surface area contributed by atoms with Crippen LogP contribution < -0.4 is 10.2 Å². The molecule has 1 aromatic rings. The summed E-state index contributed by atoms with van der Waals surface area (Å²) < 4.78 is 0. The highest BCUT2D eigenvalue weighted by Crippen LogP contribution is 2.26. The molecule has 0 aliphatic carbocycles. The first-order valence-corrected chi connectivity index (χ1v) is 7.19. The number of nitrogens with zero attached hydrogens (tertiary/aromatic N) is 3. The summed E-state index contributed by atoms with van der Waals surface area (Å²) >= 11 is 2.04. The van der Waals surface area contributed by atoms with Crippen molar-refractivity contribution >= 4 is 23.4 Å². The third-order valence-corrected chi connectivity index (χ3v) is 4.08. The third kappa shape index (κ3) is 2.83. The van der Waals surface area contributed by atoms with Crippen molar-refractivity contribution in [2.75, 3.05) is 35.6 Å². The van der Waals surface area contributed by atoms with Crippen molar-refractivity contribution in [3.05, 3.63) is 11.9 Å². The fourth-order valence-electron chi connectivity index (χ4n) is 2.12. The smallest absolute Gasteiger partial charge is 0.137 e. The highest BCUT2D eigenvalue weighted by Gasteiger charge is 2.20. The first-order valence-electron chi connectivity index (χ1n) is 6.14. The normalized spacial score (nSPS) is 20.4. The molecule has 1 fully saturated rings. The second-order valence-corrected chi connectivity index (χ2v) is 5.87. The molecule has 2 rings (SSSR count). The fourth-order valence-corrected chi connectivity index (χ4v) is 3.13. The molecular weight excluding hydrogens is 232 g/mol. The van der Waals surface area contributed by atoms with E-state index in [9.17, 15) is 0 Å². The summed E-state index contributed by atoms with van der Waals surface area (Å²) in [7, 11) is 0. The Morgan fingerprint density at radius 2 is 2.35 bits per heavy atom. The lowest BCUT2D eigenvalue weighted by Gasteiger charge is -2.32. The lowest BCUT2D eigenvalue weighted by atomic mass is 10.2. The average Bonchev–Trinajstić information content (AvgIpc) is 2.32. The molecule has 94 valence electrons. The maximum atomic E-state index is 4.44. The predicted molar refractivity (Wildman–Crippen MR) is 75.1 cm³/mol. The van der Waals surface area contributed by atoms with Crippen LogP contribution in [0.3, 0.4) is 0 Å². The number of rotatable bonds is 3. The van der Waals surface area contributed by atoms with E-state index in [4.69, 9.17) is 0 Å². The molecule has 5 heteroatoms. The van der Waals surface area contributed by atoms with Crippen LogP contribution in [0.5, 0.6) is 0 Å². The van der Waals surface area contributed by atoms with Crippen LogP contribution >= 0.6 is 11.8 Å². The fraction of sp³-hybridized carbons (Fsp3) is 0.667. The summed E-state index contributed by atoms with van der Waals surface area (Å²) in [5.74, 6) is 3.23. The second kappa shape index (κ2) is 5.58. The van der Waals surface area contributed by atoms with Crippen molar-refractivity contribution in [1.29, 1.82) is 0 Å². The zero-order valence-corrected chi connectivity index (χ0v) is 11.5. The molecule has 1 saturated heterocycles. The standard InChI is InChI=1S/C12H20N4S/c1-4-13-11-10(3)12(15-8-14-11)16-5-6-17-9(2)7-16/h8-9H,4-7H2,1-3H3,(H,13,14,15). The first-order chi connectivity index (χ1) is 8.22. The maximum absolute atomic E-state index is 4.44. The average molecular weight is 252 g/mol. The van der Waals surface area contributed by atoms with E-state index in [2.05, 4.69) is 41.0 Å². The molecule has 0 spiro atoms. The Kier molecular flexibility index (Phi) is 4.10. The van der Waals surface area contributed by atoms with Crippen LogP contribution in [-0.4, -0.2) is 40.6 Å². The van der Waals surface area contributed by atoms with Gasteiger partial charge in [-0.3, -0.25) is 0 Å². The predicted octanol–water partition coefficient (Wildman–Crippen LogP) is 2.16. The van der Waals surface area contributed by atoms with Gasteiger partial charge in [-0.15, -0.1) is 0 Å². The topological polar surface area (TPSA) is 41.1 Å². The summed E-state index contributed by atoms with van der Waals surface area (Å²) in [5, 5.41) is 3.96. The van der Waals surface area contributed by atoms with Crippen LogP contribution in [0, 0.1) is 6.92 Å². The Labute approximate surface area is 107 Å². The zero-order chi connectivity index (χ0) is 12.3. The minimum atomic E-state index is 0.681. The van der Waals surface area contributed by atoms with Crippen LogP contribution in [-0.2, 0) is 0 Å². The number of anilines is 2. The van der Waals surface area contributed by atoms with E-state index < -0.39 is 0 Å².